The summed E-state index contributed by atoms with van der Waals surface area (Å²) in [4.78, 5) is 50.4. The highest BCUT2D eigenvalue weighted by molar-refractivity contribution is 8.00. The van der Waals surface area contributed by atoms with Gasteiger partial charge in [-0.15, -0.1) is 23.1 Å². The highest BCUT2D eigenvalue weighted by Gasteiger charge is 2.54. The van der Waals surface area contributed by atoms with Crippen molar-refractivity contribution in [3.8, 4) is 0 Å². The van der Waals surface area contributed by atoms with E-state index in [0.29, 0.717) is 22.2 Å². The molecular weight excluding hydrogens is 687 g/mol. The summed E-state index contributed by atoms with van der Waals surface area (Å²) in [6, 6.07) is 32.6. The summed E-state index contributed by atoms with van der Waals surface area (Å²) in [7, 11) is 1.32. The van der Waals surface area contributed by atoms with Crippen molar-refractivity contribution >= 4 is 57.8 Å². The molecule has 0 spiro atoms. The van der Waals surface area contributed by atoms with Crippen molar-refractivity contribution in [1.82, 2.24) is 15.2 Å². The van der Waals surface area contributed by atoms with E-state index in [4.69, 9.17) is 14.2 Å². The number of carboxylic acid groups (broad SMARTS) is 1. The van der Waals surface area contributed by atoms with Crippen LogP contribution in [0.25, 0.3) is 6.08 Å². The maximum Gasteiger partial charge on any atom is 0.352 e. The minimum Gasteiger partial charge on any atom is -0.477 e. The van der Waals surface area contributed by atoms with E-state index in [1.165, 1.54) is 41.4 Å². The zero-order valence-electron chi connectivity index (χ0n) is 27.1. The van der Waals surface area contributed by atoms with Crippen LogP contribution in [0.3, 0.4) is 0 Å². The van der Waals surface area contributed by atoms with Gasteiger partial charge >= 0.3 is 5.97 Å². The molecule has 3 aromatic carbocycles. The van der Waals surface area contributed by atoms with Gasteiger partial charge in [0, 0.05) is 11.1 Å². The van der Waals surface area contributed by atoms with Gasteiger partial charge in [-0.05, 0) is 40.5 Å². The molecule has 1 fully saturated rings. The van der Waals surface area contributed by atoms with Crippen LogP contribution in [-0.4, -0.2) is 62.8 Å². The number of fused-ring (bicyclic) bond motifs is 1. The standard InChI is InChI=1S/C38H31N5O6S2/c1-48-42-30(33(44)40-31-34(45)43-32(36(46)47)24(22-50-35(31)43)19-20-28-18-11-21-49-28)29-23-51-37(39-29)41-38(25-12-5-2-6-13-25,26-14-7-3-8-15-26)27-16-9-4-10-17-27/h2-21,23,31,35H,22H2,1H3,(H,39,41)(H,40,44)(H,46,47)/b20-19+,42-30?/t31?,35-/m1/s1. The molecule has 5 aromatic rings. The second-order valence-corrected chi connectivity index (χ2v) is 13.5. The Labute approximate surface area is 301 Å². The number of thioether (sulfide) groups is 1. The van der Waals surface area contributed by atoms with E-state index in [1.807, 2.05) is 54.6 Å². The Morgan fingerprint density at radius 3 is 2.14 bits per heavy atom. The van der Waals surface area contributed by atoms with Crippen molar-refractivity contribution in [1.29, 1.82) is 0 Å². The Morgan fingerprint density at radius 1 is 0.961 bits per heavy atom. The van der Waals surface area contributed by atoms with E-state index in [0.717, 1.165) is 16.7 Å². The maximum absolute atomic E-state index is 13.7. The number of anilines is 1. The number of furan rings is 1. The van der Waals surface area contributed by atoms with Crippen LogP contribution in [-0.2, 0) is 24.8 Å². The normalized spacial score (nSPS) is 17.5. The number of nitrogens with zero attached hydrogens (tertiary/aromatic N) is 3. The Balaban J connectivity index is 1.15. The predicted molar refractivity (Wildman–Crippen MR) is 196 cm³/mol. The van der Waals surface area contributed by atoms with Gasteiger partial charge in [0.15, 0.2) is 10.8 Å². The van der Waals surface area contributed by atoms with E-state index < -0.39 is 34.7 Å². The highest BCUT2D eigenvalue weighted by atomic mass is 32.2. The molecule has 7 rings (SSSR count). The number of hydrogen-bond donors (Lipinski definition) is 3. The van der Waals surface area contributed by atoms with Gasteiger partial charge in [0.05, 0.1) is 6.26 Å². The highest BCUT2D eigenvalue weighted by Crippen LogP contribution is 2.42. The number of aromatic nitrogens is 1. The quantitative estimate of drug-likeness (QED) is 0.0618. The third-order valence-electron chi connectivity index (χ3n) is 8.54. The molecule has 0 radical (unpaired) electrons. The molecule has 2 aromatic heterocycles. The second kappa shape index (κ2) is 14.5. The van der Waals surface area contributed by atoms with Crippen molar-refractivity contribution in [2.75, 3.05) is 18.2 Å². The molecule has 13 heteroatoms. The molecule has 2 aliphatic heterocycles. The lowest BCUT2D eigenvalue weighted by Crippen LogP contribution is -2.71. The van der Waals surface area contributed by atoms with Gasteiger partial charge in [-0.3, -0.25) is 14.5 Å². The van der Waals surface area contributed by atoms with Gasteiger partial charge in [-0.25, -0.2) is 9.78 Å². The third-order valence-corrected chi connectivity index (χ3v) is 10.6. The lowest BCUT2D eigenvalue weighted by molar-refractivity contribution is -0.150. The fourth-order valence-electron chi connectivity index (χ4n) is 6.23. The summed E-state index contributed by atoms with van der Waals surface area (Å²) >= 11 is 2.65. The molecule has 2 atom stereocenters. The zero-order valence-corrected chi connectivity index (χ0v) is 28.8. The van der Waals surface area contributed by atoms with Crippen molar-refractivity contribution in [3.63, 3.8) is 0 Å². The number of oxime groups is 1. The van der Waals surface area contributed by atoms with Gasteiger partial charge in [-0.2, -0.15) is 0 Å². The van der Waals surface area contributed by atoms with Gasteiger partial charge in [0.2, 0.25) is 0 Å². The van der Waals surface area contributed by atoms with E-state index >= 15 is 0 Å². The van der Waals surface area contributed by atoms with Crippen LogP contribution in [0.1, 0.15) is 28.1 Å². The van der Waals surface area contributed by atoms with E-state index in [1.54, 1.807) is 29.7 Å². The van der Waals surface area contributed by atoms with E-state index in [-0.39, 0.29) is 17.1 Å². The number of carbonyl (C=O) groups excluding carboxylic acids is 2. The van der Waals surface area contributed by atoms with Crippen molar-refractivity contribution < 1.29 is 28.7 Å². The number of β-lactam (4-membered cyclic amide) rings is 1. The molecule has 1 unspecified atom stereocenters. The average molecular weight is 718 g/mol. The molecule has 2 aliphatic rings. The minimum absolute atomic E-state index is 0.128. The third kappa shape index (κ3) is 6.44. The molecule has 2 amide bonds. The number of benzene rings is 3. The minimum atomic E-state index is -1.24. The smallest absolute Gasteiger partial charge is 0.352 e. The van der Waals surface area contributed by atoms with Crippen LogP contribution in [0.4, 0.5) is 5.13 Å². The number of allylic oxidation sites excluding steroid dienone is 1. The van der Waals surface area contributed by atoms with Crippen molar-refractivity contribution in [3.05, 3.63) is 160 Å². The van der Waals surface area contributed by atoms with Crippen molar-refractivity contribution in [2.45, 2.75) is 17.0 Å². The number of rotatable bonds is 12. The number of hydrogen-bond acceptors (Lipinski definition) is 10. The van der Waals surface area contributed by atoms with Gasteiger partial charge in [-0.1, -0.05) is 102 Å². The largest absolute Gasteiger partial charge is 0.477 e. The summed E-state index contributed by atoms with van der Waals surface area (Å²) in [5.74, 6) is -1.60. The topological polar surface area (TPSA) is 146 Å². The van der Waals surface area contributed by atoms with Crippen LogP contribution < -0.4 is 10.6 Å². The molecule has 256 valence electrons. The van der Waals surface area contributed by atoms with Gasteiger partial charge in [0.25, 0.3) is 11.8 Å². The first kappa shape index (κ1) is 33.6. The summed E-state index contributed by atoms with van der Waals surface area (Å²) in [6.07, 6.45) is 4.79. The first-order valence-electron chi connectivity index (χ1n) is 15.9. The molecule has 1 saturated heterocycles. The molecule has 0 aliphatic carbocycles. The lowest BCUT2D eigenvalue weighted by atomic mass is 9.77. The molecule has 0 saturated carbocycles. The van der Waals surface area contributed by atoms with E-state index in [2.05, 4.69) is 52.2 Å². The second-order valence-electron chi connectivity index (χ2n) is 11.5. The summed E-state index contributed by atoms with van der Waals surface area (Å²) in [5, 5.41) is 22.0. The van der Waals surface area contributed by atoms with Gasteiger partial charge in [0.1, 0.15) is 41.2 Å². The summed E-state index contributed by atoms with van der Waals surface area (Å²) in [6.45, 7) is 0. The molecular formula is C38H31N5O6S2. The lowest BCUT2D eigenvalue weighted by Gasteiger charge is -2.49. The first-order valence-corrected chi connectivity index (χ1v) is 17.8. The van der Waals surface area contributed by atoms with Crippen LogP contribution >= 0.6 is 23.1 Å². The fraction of sp³-hybridized carbons (Fsp3) is 0.132. The summed E-state index contributed by atoms with van der Waals surface area (Å²) < 4.78 is 5.31. The number of thiazole rings is 1. The van der Waals surface area contributed by atoms with Crippen LogP contribution in [0.5, 0.6) is 0 Å². The van der Waals surface area contributed by atoms with Crippen LogP contribution in [0.15, 0.2) is 142 Å². The number of aliphatic carboxylic acids is 1. The zero-order chi connectivity index (χ0) is 35.4. The Morgan fingerprint density at radius 2 is 1.59 bits per heavy atom. The predicted octanol–water partition coefficient (Wildman–Crippen LogP) is 5.94. The monoisotopic (exact) mass is 717 g/mol. The fourth-order valence-corrected chi connectivity index (χ4v) is 8.30. The number of amides is 2. The van der Waals surface area contributed by atoms with Crippen molar-refractivity contribution in [2.24, 2.45) is 5.16 Å². The van der Waals surface area contributed by atoms with E-state index in [9.17, 15) is 19.5 Å². The summed E-state index contributed by atoms with van der Waals surface area (Å²) in [5.41, 5.74) is 2.54. The molecule has 3 N–H and O–H groups in total. The molecule has 11 nitrogen and oxygen atoms in total. The first-order chi connectivity index (χ1) is 24.9. The Bertz CT molecular complexity index is 2040. The Kier molecular flexibility index (Phi) is 9.55. The number of nitrogens with one attached hydrogen (secondary N) is 2. The SMILES string of the molecule is CON=C(C(=O)NC1C(=O)N2C(C(=O)O)=C(/C=C/c3ccco3)CS[C@H]12)c1csc(NC(c2ccccc2)(c2ccccc2)c2ccccc2)n1. The molecule has 51 heavy (non-hydrogen) atoms. The molecule has 0 bridgehead atoms. The van der Waals surface area contributed by atoms with Crippen LogP contribution in [0, 0.1) is 0 Å². The maximum atomic E-state index is 13.7. The average Bonchev–Trinajstić information content (AvgIpc) is 3.87. The van der Waals surface area contributed by atoms with Crippen LogP contribution in [0.2, 0.25) is 0 Å². The molecule has 4 heterocycles. The Hall–Kier alpha value is -5.92. The number of carboxylic acids is 1. The number of carbonyl (C=O) groups is 3. The van der Waals surface area contributed by atoms with Gasteiger partial charge < -0.3 is 25.0 Å².